The minimum atomic E-state index is -0.699. The number of phenolic OH excluding ortho intramolecular Hbond substituents is 2. The normalized spacial score (nSPS) is 11.0. The number of phenols is 2. The van der Waals surface area contributed by atoms with Gasteiger partial charge in [-0.1, -0.05) is 12.1 Å². The SMILES string of the molecule is O=c1oc2ccccc2c(O)c1/C=N/c1nc(-c2ccc(O)c(O)c2)cs1.[Cl-]. The lowest BCUT2D eigenvalue weighted by atomic mass is 10.1. The Morgan fingerprint density at radius 1 is 1.07 bits per heavy atom. The molecule has 2 aromatic carbocycles. The number of thiazole rings is 1. The third kappa shape index (κ3) is 3.55. The monoisotopic (exact) mass is 415 g/mol. The lowest BCUT2D eigenvalue weighted by Crippen LogP contribution is -3.00. The smallest absolute Gasteiger partial charge is 0.348 e. The quantitative estimate of drug-likeness (QED) is 0.259. The van der Waals surface area contributed by atoms with E-state index in [2.05, 4.69) is 9.98 Å². The van der Waals surface area contributed by atoms with Crippen molar-refractivity contribution in [3.05, 3.63) is 63.8 Å². The summed E-state index contributed by atoms with van der Waals surface area (Å²) in [6.07, 6.45) is 1.21. The summed E-state index contributed by atoms with van der Waals surface area (Å²) in [6, 6.07) is 11.0. The predicted octanol–water partition coefficient (Wildman–Crippen LogP) is 0.788. The van der Waals surface area contributed by atoms with Gasteiger partial charge >= 0.3 is 5.63 Å². The van der Waals surface area contributed by atoms with Crippen LogP contribution < -0.4 is 18.0 Å². The van der Waals surface area contributed by atoms with E-state index >= 15 is 0 Å². The van der Waals surface area contributed by atoms with Gasteiger partial charge in [0.25, 0.3) is 0 Å². The highest BCUT2D eigenvalue weighted by molar-refractivity contribution is 7.13. The molecule has 0 aliphatic rings. The zero-order valence-electron chi connectivity index (χ0n) is 14.0. The Bertz CT molecular complexity index is 1250. The topological polar surface area (TPSA) is 116 Å². The molecule has 0 aliphatic carbocycles. The van der Waals surface area contributed by atoms with Crippen molar-refractivity contribution in [2.24, 2.45) is 4.99 Å². The highest BCUT2D eigenvalue weighted by Crippen LogP contribution is 2.33. The van der Waals surface area contributed by atoms with Gasteiger partial charge in [-0.25, -0.2) is 14.8 Å². The Hall–Kier alpha value is -3.36. The maximum absolute atomic E-state index is 12.1. The van der Waals surface area contributed by atoms with E-state index in [4.69, 9.17) is 4.42 Å². The van der Waals surface area contributed by atoms with Crippen LogP contribution in [0.2, 0.25) is 0 Å². The van der Waals surface area contributed by atoms with Gasteiger partial charge in [0.1, 0.15) is 16.9 Å². The van der Waals surface area contributed by atoms with Crippen LogP contribution in [-0.2, 0) is 0 Å². The molecule has 0 atom stereocenters. The van der Waals surface area contributed by atoms with Gasteiger partial charge in [0.15, 0.2) is 11.5 Å². The third-order valence-corrected chi connectivity index (χ3v) is 4.64. The van der Waals surface area contributed by atoms with E-state index in [0.29, 0.717) is 27.4 Å². The van der Waals surface area contributed by atoms with Gasteiger partial charge in [0, 0.05) is 17.2 Å². The zero-order valence-corrected chi connectivity index (χ0v) is 15.6. The van der Waals surface area contributed by atoms with E-state index in [0.717, 1.165) is 0 Å². The Kier molecular flexibility index (Phi) is 5.34. The van der Waals surface area contributed by atoms with E-state index in [9.17, 15) is 20.1 Å². The van der Waals surface area contributed by atoms with Crippen molar-refractivity contribution in [2.75, 3.05) is 0 Å². The van der Waals surface area contributed by atoms with Crippen LogP contribution in [-0.4, -0.2) is 26.5 Å². The van der Waals surface area contributed by atoms with E-state index < -0.39 is 5.63 Å². The molecular formula is C19H12ClN2O5S-. The minimum Gasteiger partial charge on any atom is -1.00 e. The molecule has 142 valence electrons. The van der Waals surface area contributed by atoms with E-state index in [1.807, 2.05) is 0 Å². The van der Waals surface area contributed by atoms with Crippen LogP contribution in [0.1, 0.15) is 5.56 Å². The second kappa shape index (κ2) is 7.71. The molecule has 2 heterocycles. The molecule has 0 bridgehead atoms. The number of aromatic nitrogens is 1. The minimum absolute atomic E-state index is 0. The lowest BCUT2D eigenvalue weighted by Gasteiger charge is -2.01. The first kappa shape index (κ1) is 19.4. The summed E-state index contributed by atoms with van der Waals surface area (Å²) < 4.78 is 5.19. The van der Waals surface area contributed by atoms with Crippen molar-refractivity contribution in [3.63, 3.8) is 0 Å². The molecule has 3 N–H and O–H groups in total. The number of hydrogen-bond donors (Lipinski definition) is 3. The first-order valence-electron chi connectivity index (χ1n) is 7.79. The highest BCUT2D eigenvalue weighted by Gasteiger charge is 2.12. The number of hydrogen-bond acceptors (Lipinski definition) is 8. The van der Waals surface area contributed by atoms with Crippen LogP contribution >= 0.6 is 11.3 Å². The van der Waals surface area contributed by atoms with E-state index in [-0.39, 0.29) is 35.2 Å². The summed E-state index contributed by atoms with van der Waals surface area (Å²) in [6.45, 7) is 0. The van der Waals surface area contributed by atoms with Crippen molar-refractivity contribution >= 4 is 33.7 Å². The molecule has 28 heavy (non-hydrogen) atoms. The number of rotatable bonds is 3. The van der Waals surface area contributed by atoms with Crippen molar-refractivity contribution in [1.82, 2.24) is 4.98 Å². The fourth-order valence-corrected chi connectivity index (χ4v) is 3.19. The average Bonchev–Trinajstić information content (AvgIpc) is 3.13. The summed E-state index contributed by atoms with van der Waals surface area (Å²) in [4.78, 5) is 20.5. The van der Waals surface area contributed by atoms with Crippen molar-refractivity contribution in [2.45, 2.75) is 0 Å². The Morgan fingerprint density at radius 2 is 1.86 bits per heavy atom. The van der Waals surface area contributed by atoms with Gasteiger partial charge in [-0.3, -0.25) is 0 Å². The number of nitrogens with zero attached hydrogens (tertiary/aromatic N) is 2. The lowest BCUT2D eigenvalue weighted by molar-refractivity contribution is -0.00000863. The molecule has 0 fully saturated rings. The van der Waals surface area contributed by atoms with Crippen molar-refractivity contribution in [3.8, 4) is 28.5 Å². The molecular weight excluding hydrogens is 404 g/mol. The van der Waals surface area contributed by atoms with Gasteiger partial charge in [-0.15, -0.1) is 11.3 Å². The Balaban J connectivity index is 0.00000225. The summed E-state index contributed by atoms with van der Waals surface area (Å²) in [5.74, 6) is -0.666. The standard InChI is InChI=1S/C19H12N2O5S.ClH/c22-14-6-5-10(7-15(14)23)13-9-27-19(21-13)20-8-12-17(24)11-3-1-2-4-16(11)26-18(12)25;/h1-9,22-24H;1H/p-1/b20-8+;. The molecule has 0 saturated heterocycles. The van der Waals surface area contributed by atoms with Crippen LogP contribution in [0.25, 0.3) is 22.2 Å². The molecule has 7 nitrogen and oxygen atoms in total. The molecule has 0 spiro atoms. The number of aromatic hydroxyl groups is 3. The Labute approximate surface area is 168 Å². The van der Waals surface area contributed by atoms with Gasteiger partial charge in [-0.2, -0.15) is 0 Å². The van der Waals surface area contributed by atoms with Crippen LogP contribution in [0, 0.1) is 0 Å². The number of aliphatic imine (C=N–C) groups is 1. The van der Waals surface area contributed by atoms with E-state index in [1.54, 1.807) is 35.7 Å². The van der Waals surface area contributed by atoms with E-state index in [1.165, 1.54) is 29.7 Å². The molecule has 9 heteroatoms. The van der Waals surface area contributed by atoms with Gasteiger partial charge in [0.05, 0.1) is 11.1 Å². The number of benzene rings is 2. The highest BCUT2D eigenvalue weighted by atomic mass is 35.5. The molecule has 2 aromatic heterocycles. The van der Waals surface area contributed by atoms with Gasteiger partial charge in [0.2, 0.25) is 5.13 Å². The summed E-state index contributed by atoms with van der Waals surface area (Å²) in [7, 11) is 0. The van der Waals surface area contributed by atoms with Crippen LogP contribution in [0.3, 0.4) is 0 Å². The second-order valence-electron chi connectivity index (χ2n) is 5.62. The number of fused-ring (bicyclic) bond motifs is 1. The van der Waals surface area contributed by atoms with Crippen molar-refractivity contribution < 1.29 is 32.1 Å². The average molecular weight is 416 g/mol. The molecule has 4 rings (SSSR count). The molecule has 4 aromatic rings. The Morgan fingerprint density at radius 3 is 2.64 bits per heavy atom. The summed E-state index contributed by atoms with van der Waals surface area (Å²) in [5.41, 5.74) is 0.692. The molecule has 0 radical (unpaired) electrons. The predicted molar refractivity (Wildman–Crippen MR) is 102 cm³/mol. The first-order chi connectivity index (χ1) is 13.0. The molecule has 0 unspecified atom stereocenters. The first-order valence-corrected chi connectivity index (χ1v) is 8.67. The molecule has 0 aliphatic heterocycles. The van der Waals surface area contributed by atoms with Crippen LogP contribution in [0.4, 0.5) is 5.13 Å². The van der Waals surface area contributed by atoms with Crippen LogP contribution in [0.15, 0.2) is 62.0 Å². The second-order valence-corrected chi connectivity index (χ2v) is 6.46. The summed E-state index contributed by atoms with van der Waals surface area (Å²) in [5, 5.41) is 31.8. The maximum atomic E-state index is 12.1. The van der Waals surface area contributed by atoms with Gasteiger partial charge < -0.3 is 32.1 Å². The van der Waals surface area contributed by atoms with Crippen LogP contribution in [0.5, 0.6) is 17.2 Å². The molecule has 0 amide bonds. The third-order valence-electron chi connectivity index (χ3n) is 3.89. The fraction of sp³-hybridized carbons (Fsp3) is 0. The number of para-hydroxylation sites is 1. The number of halogens is 1. The largest absolute Gasteiger partial charge is 1.00 e. The van der Waals surface area contributed by atoms with Gasteiger partial charge in [-0.05, 0) is 30.3 Å². The fourth-order valence-electron chi connectivity index (χ4n) is 2.52. The summed E-state index contributed by atoms with van der Waals surface area (Å²) >= 11 is 1.22. The molecule has 0 saturated carbocycles. The zero-order chi connectivity index (χ0) is 19.0. The maximum Gasteiger partial charge on any atom is 0.348 e. The van der Waals surface area contributed by atoms with Crippen molar-refractivity contribution in [1.29, 1.82) is 0 Å².